The van der Waals surface area contributed by atoms with Gasteiger partial charge in [0.05, 0.1) is 5.25 Å². The van der Waals surface area contributed by atoms with Gasteiger partial charge in [-0.1, -0.05) is 38.8 Å². The fraction of sp³-hybridized carbons (Fsp3) is 0.750. The van der Waals surface area contributed by atoms with Crippen molar-refractivity contribution in [3.63, 3.8) is 0 Å². The van der Waals surface area contributed by atoms with Gasteiger partial charge in [-0.15, -0.1) is 0 Å². The molecule has 4 nitrogen and oxygen atoms in total. The summed E-state index contributed by atoms with van der Waals surface area (Å²) in [6, 6.07) is 9.23. The molecule has 0 aliphatic heterocycles. The van der Waals surface area contributed by atoms with Gasteiger partial charge < -0.3 is 5.32 Å². The summed E-state index contributed by atoms with van der Waals surface area (Å²) in [6.45, 7) is 9.25. The average molecular weight is 421 g/mol. The second-order valence-electron chi connectivity index (χ2n) is 9.81. The molecule has 0 spiro atoms. The van der Waals surface area contributed by atoms with Crippen LogP contribution in [0.15, 0.2) is 24.3 Å². The summed E-state index contributed by atoms with van der Waals surface area (Å²) >= 11 is 0. The van der Waals surface area contributed by atoms with Crippen molar-refractivity contribution in [3.05, 3.63) is 29.8 Å². The fourth-order valence-electron chi connectivity index (χ4n) is 5.02. The maximum atomic E-state index is 12.0. The summed E-state index contributed by atoms with van der Waals surface area (Å²) in [5.41, 5.74) is 2.69. The summed E-state index contributed by atoms with van der Waals surface area (Å²) in [6.07, 6.45) is 8.08. The minimum Gasteiger partial charge on any atom is -0.385 e. The van der Waals surface area contributed by atoms with Gasteiger partial charge in [-0.05, 0) is 87.3 Å². The van der Waals surface area contributed by atoms with E-state index in [1.807, 2.05) is 0 Å². The Morgan fingerprint density at radius 3 is 2.24 bits per heavy atom. The minimum absolute atomic E-state index is 0.109. The maximum Gasteiger partial charge on any atom is 0.214 e. The zero-order valence-electron chi connectivity index (χ0n) is 18.7. The summed E-state index contributed by atoms with van der Waals surface area (Å²) in [4.78, 5) is 0. The second-order valence-corrected chi connectivity index (χ2v) is 12.1. The zero-order valence-corrected chi connectivity index (χ0v) is 19.5. The molecule has 3 atom stereocenters. The SMILES string of the molecule is CC1CCCC(c2ccc(NCC3CCC(NS(=O)(=O)C(C)C)CC3)cc2)C1C. The van der Waals surface area contributed by atoms with E-state index >= 15 is 0 Å². The molecule has 29 heavy (non-hydrogen) atoms. The quantitative estimate of drug-likeness (QED) is 0.610. The molecule has 164 valence electrons. The van der Waals surface area contributed by atoms with Crippen LogP contribution in [0.5, 0.6) is 0 Å². The Labute approximate surface area is 178 Å². The van der Waals surface area contributed by atoms with E-state index in [0.29, 0.717) is 11.8 Å². The summed E-state index contributed by atoms with van der Waals surface area (Å²) in [5.74, 6) is 2.92. The van der Waals surface area contributed by atoms with Crippen LogP contribution in [0.25, 0.3) is 0 Å². The molecule has 1 aromatic rings. The van der Waals surface area contributed by atoms with Gasteiger partial charge in [-0.2, -0.15) is 0 Å². The zero-order chi connectivity index (χ0) is 21.0. The molecule has 0 aromatic heterocycles. The van der Waals surface area contributed by atoms with E-state index in [1.165, 1.54) is 30.5 Å². The third-order valence-electron chi connectivity index (χ3n) is 7.44. The first-order valence-electron chi connectivity index (χ1n) is 11.6. The van der Waals surface area contributed by atoms with Crippen molar-refractivity contribution >= 4 is 15.7 Å². The Bertz CT molecular complexity index is 737. The highest BCUT2D eigenvalue weighted by Gasteiger charge is 2.28. The molecule has 2 fully saturated rings. The molecular weight excluding hydrogens is 380 g/mol. The molecule has 3 unspecified atom stereocenters. The highest BCUT2D eigenvalue weighted by molar-refractivity contribution is 7.90. The second kappa shape index (κ2) is 9.82. The van der Waals surface area contributed by atoms with E-state index in [-0.39, 0.29) is 11.3 Å². The van der Waals surface area contributed by atoms with Crippen molar-refractivity contribution < 1.29 is 8.42 Å². The van der Waals surface area contributed by atoms with Gasteiger partial charge in [-0.25, -0.2) is 13.1 Å². The molecule has 2 N–H and O–H groups in total. The van der Waals surface area contributed by atoms with E-state index in [4.69, 9.17) is 0 Å². The van der Waals surface area contributed by atoms with Gasteiger partial charge in [0.2, 0.25) is 10.0 Å². The normalized spacial score (nSPS) is 31.0. The van der Waals surface area contributed by atoms with E-state index in [1.54, 1.807) is 13.8 Å². The fourth-order valence-corrected chi connectivity index (χ4v) is 5.99. The molecule has 2 aliphatic carbocycles. The van der Waals surface area contributed by atoms with Crippen LogP contribution in [-0.2, 0) is 10.0 Å². The highest BCUT2D eigenvalue weighted by Crippen LogP contribution is 2.41. The van der Waals surface area contributed by atoms with Crippen LogP contribution in [0.3, 0.4) is 0 Å². The molecule has 2 saturated carbocycles. The van der Waals surface area contributed by atoms with Gasteiger partial charge in [0.1, 0.15) is 0 Å². The van der Waals surface area contributed by atoms with Crippen LogP contribution in [0.4, 0.5) is 5.69 Å². The number of nitrogens with one attached hydrogen (secondary N) is 2. The van der Waals surface area contributed by atoms with Crippen LogP contribution in [0.2, 0.25) is 0 Å². The lowest BCUT2D eigenvalue weighted by atomic mass is 9.71. The van der Waals surface area contributed by atoms with Gasteiger partial charge >= 0.3 is 0 Å². The molecular formula is C24H40N2O2S. The lowest BCUT2D eigenvalue weighted by Gasteiger charge is -2.34. The van der Waals surface area contributed by atoms with Crippen LogP contribution >= 0.6 is 0 Å². The summed E-state index contributed by atoms with van der Waals surface area (Å²) in [5, 5.41) is 3.25. The highest BCUT2D eigenvalue weighted by atomic mass is 32.2. The molecule has 0 amide bonds. The third kappa shape index (κ3) is 5.97. The van der Waals surface area contributed by atoms with Crippen molar-refractivity contribution in [2.45, 2.75) is 89.9 Å². The predicted octanol–water partition coefficient (Wildman–Crippen LogP) is 5.52. The molecule has 5 heteroatoms. The molecule has 2 aliphatic rings. The molecule has 0 saturated heterocycles. The number of hydrogen-bond acceptors (Lipinski definition) is 3. The Balaban J connectivity index is 1.44. The van der Waals surface area contributed by atoms with Crippen molar-refractivity contribution in [1.29, 1.82) is 0 Å². The van der Waals surface area contributed by atoms with Gasteiger partial charge in [0, 0.05) is 18.3 Å². The lowest BCUT2D eigenvalue weighted by molar-refractivity contribution is 0.238. The van der Waals surface area contributed by atoms with Crippen LogP contribution < -0.4 is 10.0 Å². The Hall–Kier alpha value is -1.07. The first-order valence-corrected chi connectivity index (χ1v) is 13.2. The Kier molecular flexibility index (Phi) is 7.66. The summed E-state index contributed by atoms with van der Waals surface area (Å²) < 4.78 is 27.0. The van der Waals surface area contributed by atoms with Crippen LogP contribution in [0, 0.1) is 17.8 Å². The average Bonchev–Trinajstić information content (AvgIpc) is 2.70. The van der Waals surface area contributed by atoms with Gasteiger partial charge in [0.25, 0.3) is 0 Å². The summed E-state index contributed by atoms with van der Waals surface area (Å²) in [7, 11) is -3.16. The topological polar surface area (TPSA) is 58.2 Å². The molecule has 0 heterocycles. The molecule has 3 rings (SSSR count). The number of rotatable bonds is 7. The molecule has 0 radical (unpaired) electrons. The van der Waals surface area contributed by atoms with E-state index < -0.39 is 10.0 Å². The minimum atomic E-state index is -3.16. The van der Waals surface area contributed by atoms with E-state index in [0.717, 1.165) is 44.1 Å². The van der Waals surface area contributed by atoms with Crippen LogP contribution in [0.1, 0.15) is 84.1 Å². The first kappa shape index (κ1) is 22.6. The monoisotopic (exact) mass is 420 g/mol. The van der Waals surface area contributed by atoms with E-state index in [9.17, 15) is 8.42 Å². The lowest BCUT2D eigenvalue weighted by Crippen LogP contribution is -2.41. The van der Waals surface area contributed by atoms with Crippen molar-refractivity contribution in [3.8, 4) is 0 Å². The number of sulfonamides is 1. The Morgan fingerprint density at radius 2 is 1.62 bits per heavy atom. The van der Waals surface area contributed by atoms with Gasteiger partial charge in [0.15, 0.2) is 0 Å². The maximum absolute atomic E-state index is 12.0. The molecule has 1 aromatic carbocycles. The smallest absolute Gasteiger partial charge is 0.214 e. The van der Waals surface area contributed by atoms with Crippen molar-refractivity contribution in [1.82, 2.24) is 4.72 Å². The Morgan fingerprint density at radius 1 is 0.966 bits per heavy atom. The molecule has 0 bridgehead atoms. The number of benzene rings is 1. The third-order valence-corrected chi connectivity index (χ3v) is 9.34. The standard InChI is InChI=1S/C24H40N2O2S/c1-17(2)29(27,28)26-23-12-8-20(9-13-23)16-25-22-14-10-21(11-15-22)24-7-5-6-18(3)19(24)4/h10-11,14-15,17-20,23-26H,5-9,12-13,16H2,1-4H3. The van der Waals surface area contributed by atoms with Crippen LogP contribution in [-0.4, -0.2) is 26.3 Å². The van der Waals surface area contributed by atoms with Gasteiger partial charge in [-0.3, -0.25) is 0 Å². The van der Waals surface area contributed by atoms with E-state index in [2.05, 4.69) is 48.2 Å². The first-order chi connectivity index (χ1) is 13.8. The number of anilines is 1. The van der Waals surface area contributed by atoms with Crippen molar-refractivity contribution in [2.24, 2.45) is 17.8 Å². The predicted molar refractivity (Wildman–Crippen MR) is 123 cm³/mol. The van der Waals surface area contributed by atoms with Crippen molar-refractivity contribution in [2.75, 3.05) is 11.9 Å². The number of hydrogen-bond donors (Lipinski definition) is 2. The largest absolute Gasteiger partial charge is 0.385 e.